The Bertz CT molecular complexity index is 725. The number of nitrogens with zero attached hydrogens (tertiary/aromatic N) is 2. The van der Waals surface area contributed by atoms with Crippen molar-refractivity contribution in [3.05, 3.63) is 36.3 Å². The van der Waals surface area contributed by atoms with Gasteiger partial charge in [-0.2, -0.15) is 0 Å². The largest absolute Gasteiger partial charge is 0.316 e. The zero-order valence-electron chi connectivity index (χ0n) is 13.0. The van der Waals surface area contributed by atoms with Crippen LogP contribution in [0.2, 0.25) is 0 Å². The van der Waals surface area contributed by atoms with Crippen LogP contribution in [0.15, 0.2) is 30.6 Å². The summed E-state index contributed by atoms with van der Waals surface area (Å²) in [5.74, 6) is 1.87. The van der Waals surface area contributed by atoms with Gasteiger partial charge in [0.25, 0.3) is 0 Å². The van der Waals surface area contributed by atoms with Gasteiger partial charge in [0.05, 0.1) is 11.2 Å². The second-order valence-corrected chi connectivity index (χ2v) is 7.28. The Morgan fingerprint density at radius 1 is 1.23 bits per heavy atom. The summed E-state index contributed by atoms with van der Waals surface area (Å²) in [6.45, 7) is 6.27. The SMILES string of the molecule is CC(C)(CC(=O)C1[C@H]2CNC[C@@H]12)c1ncnc2ccccc12. The lowest BCUT2D eigenvalue weighted by molar-refractivity contribution is -0.122. The van der Waals surface area contributed by atoms with Crippen molar-refractivity contribution in [2.24, 2.45) is 17.8 Å². The highest BCUT2D eigenvalue weighted by Crippen LogP contribution is 2.50. The number of Topliss-reactive ketones (excluding diaryl/α,β-unsaturated/α-hetero) is 1. The van der Waals surface area contributed by atoms with Gasteiger partial charge in [-0.25, -0.2) is 9.97 Å². The van der Waals surface area contributed by atoms with Gasteiger partial charge in [0, 0.05) is 23.1 Å². The Hall–Kier alpha value is -1.81. The molecule has 0 radical (unpaired) electrons. The van der Waals surface area contributed by atoms with E-state index in [9.17, 15) is 4.79 Å². The number of para-hydroxylation sites is 1. The fourth-order valence-corrected chi connectivity index (χ4v) is 4.08. The molecular formula is C18H21N3O. The number of benzene rings is 1. The van der Waals surface area contributed by atoms with E-state index in [1.807, 2.05) is 24.3 Å². The molecule has 4 rings (SSSR count). The van der Waals surface area contributed by atoms with Gasteiger partial charge < -0.3 is 5.32 Å². The number of aromatic nitrogens is 2. The molecule has 4 nitrogen and oxygen atoms in total. The zero-order chi connectivity index (χ0) is 15.3. The third-order valence-electron chi connectivity index (χ3n) is 5.26. The molecule has 2 fully saturated rings. The Labute approximate surface area is 130 Å². The smallest absolute Gasteiger partial charge is 0.137 e. The van der Waals surface area contributed by atoms with Crippen LogP contribution < -0.4 is 5.32 Å². The fourth-order valence-electron chi connectivity index (χ4n) is 4.08. The van der Waals surface area contributed by atoms with Gasteiger partial charge in [-0.3, -0.25) is 4.79 Å². The molecule has 1 aromatic carbocycles. The molecule has 1 aromatic heterocycles. The minimum absolute atomic E-state index is 0.260. The minimum Gasteiger partial charge on any atom is -0.316 e. The van der Waals surface area contributed by atoms with Crippen LogP contribution in [-0.2, 0) is 10.2 Å². The number of nitrogens with one attached hydrogen (secondary N) is 1. The van der Waals surface area contributed by atoms with E-state index in [1.165, 1.54) is 0 Å². The molecule has 1 unspecified atom stereocenters. The first-order chi connectivity index (χ1) is 10.6. The van der Waals surface area contributed by atoms with Crippen molar-refractivity contribution < 1.29 is 4.79 Å². The number of carbonyl (C=O) groups is 1. The first-order valence-electron chi connectivity index (χ1n) is 8.01. The zero-order valence-corrected chi connectivity index (χ0v) is 13.0. The van der Waals surface area contributed by atoms with Gasteiger partial charge in [-0.15, -0.1) is 0 Å². The number of ketones is 1. The Morgan fingerprint density at radius 2 is 1.95 bits per heavy atom. The van der Waals surface area contributed by atoms with Crippen LogP contribution in [0.5, 0.6) is 0 Å². The van der Waals surface area contributed by atoms with Crippen LogP contribution in [0.4, 0.5) is 0 Å². The van der Waals surface area contributed by atoms with Crippen molar-refractivity contribution in [2.45, 2.75) is 25.7 Å². The number of carbonyl (C=O) groups excluding carboxylic acids is 1. The monoisotopic (exact) mass is 295 g/mol. The lowest BCUT2D eigenvalue weighted by atomic mass is 9.80. The lowest BCUT2D eigenvalue weighted by Gasteiger charge is -2.25. The van der Waals surface area contributed by atoms with Gasteiger partial charge >= 0.3 is 0 Å². The molecule has 0 amide bonds. The van der Waals surface area contributed by atoms with Gasteiger partial charge in [0.2, 0.25) is 0 Å². The number of piperidine rings is 1. The van der Waals surface area contributed by atoms with Crippen LogP contribution in [0.3, 0.4) is 0 Å². The average molecular weight is 295 g/mol. The molecule has 1 saturated carbocycles. The Kier molecular flexibility index (Phi) is 3.05. The third-order valence-corrected chi connectivity index (χ3v) is 5.26. The van der Waals surface area contributed by atoms with Gasteiger partial charge in [-0.1, -0.05) is 32.0 Å². The first-order valence-corrected chi connectivity index (χ1v) is 8.01. The summed E-state index contributed by atoms with van der Waals surface area (Å²) in [4.78, 5) is 21.5. The van der Waals surface area contributed by atoms with E-state index < -0.39 is 0 Å². The molecule has 1 saturated heterocycles. The van der Waals surface area contributed by atoms with Crippen LogP contribution in [-0.4, -0.2) is 28.8 Å². The maximum absolute atomic E-state index is 12.7. The lowest BCUT2D eigenvalue weighted by Crippen LogP contribution is -2.27. The van der Waals surface area contributed by atoms with Crippen LogP contribution in [0.25, 0.3) is 10.9 Å². The summed E-state index contributed by atoms with van der Waals surface area (Å²) in [6.07, 6.45) is 2.17. The number of rotatable bonds is 4. The van der Waals surface area contributed by atoms with Gasteiger partial charge in [-0.05, 0) is 31.0 Å². The summed E-state index contributed by atoms with van der Waals surface area (Å²) in [7, 11) is 0. The molecule has 3 atom stereocenters. The van der Waals surface area contributed by atoms with Crippen molar-refractivity contribution in [1.29, 1.82) is 0 Å². The maximum Gasteiger partial charge on any atom is 0.137 e. The number of fused-ring (bicyclic) bond motifs is 2. The fraction of sp³-hybridized carbons (Fsp3) is 0.500. The van der Waals surface area contributed by atoms with Crippen LogP contribution in [0.1, 0.15) is 26.0 Å². The van der Waals surface area contributed by atoms with Crippen molar-refractivity contribution in [3.8, 4) is 0 Å². The topological polar surface area (TPSA) is 54.9 Å². The normalized spacial score (nSPS) is 26.9. The highest BCUT2D eigenvalue weighted by molar-refractivity contribution is 5.87. The molecule has 2 aliphatic rings. The van der Waals surface area contributed by atoms with E-state index in [2.05, 4.69) is 29.1 Å². The Balaban J connectivity index is 1.61. The summed E-state index contributed by atoms with van der Waals surface area (Å²) >= 11 is 0. The molecule has 0 spiro atoms. The van der Waals surface area contributed by atoms with Crippen molar-refractivity contribution in [1.82, 2.24) is 15.3 Å². The van der Waals surface area contributed by atoms with Crippen molar-refractivity contribution >= 4 is 16.7 Å². The van der Waals surface area contributed by atoms with E-state index in [4.69, 9.17) is 0 Å². The molecule has 0 bridgehead atoms. The first kappa shape index (κ1) is 13.8. The predicted octanol–water partition coefficient (Wildman–Crippen LogP) is 2.33. The van der Waals surface area contributed by atoms with Gasteiger partial charge in [0.15, 0.2) is 0 Å². The molecule has 2 aromatic rings. The van der Waals surface area contributed by atoms with Crippen LogP contribution >= 0.6 is 0 Å². The maximum atomic E-state index is 12.7. The molecular weight excluding hydrogens is 274 g/mol. The number of hydrogen-bond acceptors (Lipinski definition) is 4. The van der Waals surface area contributed by atoms with E-state index in [0.29, 0.717) is 24.0 Å². The molecule has 22 heavy (non-hydrogen) atoms. The molecule has 1 aliphatic heterocycles. The second-order valence-electron chi connectivity index (χ2n) is 7.28. The number of hydrogen-bond donors (Lipinski definition) is 1. The molecule has 4 heteroatoms. The quantitative estimate of drug-likeness (QED) is 0.940. The standard InChI is InChI=1S/C18H21N3O/c1-18(2,7-15(22)16-12-8-19-9-13(12)16)17-11-5-3-4-6-14(11)20-10-21-17/h3-6,10,12-13,16,19H,7-9H2,1-2H3/t12-,13+,16?. The summed E-state index contributed by atoms with van der Waals surface area (Å²) in [5.41, 5.74) is 1.67. The summed E-state index contributed by atoms with van der Waals surface area (Å²) < 4.78 is 0. The van der Waals surface area contributed by atoms with E-state index in [0.717, 1.165) is 29.7 Å². The highest BCUT2D eigenvalue weighted by Gasteiger charge is 2.56. The van der Waals surface area contributed by atoms with Gasteiger partial charge in [0.1, 0.15) is 12.1 Å². The molecule has 1 N–H and O–H groups in total. The van der Waals surface area contributed by atoms with Crippen molar-refractivity contribution in [3.63, 3.8) is 0 Å². The molecule has 1 aliphatic carbocycles. The van der Waals surface area contributed by atoms with Crippen molar-refractivity contribution in [2.75, 3.05) is 13.1 Å². The second kappa shape index (κ2) is 4.85. The predicted molar refractivity (Wildman–Crippen MR) is 85.5 cm³/mol. The Morgan fingerprint density at radius 3 is 2.73 bits per heavy atom. The minimum atomic E-state index is -0.260. The summed E-state index contributed by atoms with van der Waals surface area (Å²) in [5, 5.41) is 4.41. The van der Waals surface area contributed by atoms with E-state index >= 15 is 0 Å². The van der Waals surface area contributed by atoms with E-state index in [1.54, 1.807) is 6.33 Å². The summed E-state index contributed by atoms with van der Waals surface area (Å²) in [6, 6.07) is 8.03. The van der Waals surface area contributed by atoms with E-state index in [-0.39, 0.29) is 11.3 Å². The third kappa shape index (κ3) is 2.13. The highest BCUT2D eigenvalue weighted by atomic mass is 16.1. The average Bonchev–Trinajstić information content (AvgIpc) is 3.00. The van der Waals surface area contributed by atoms with Crippen LogP contribution in [0, 0.1) is 17.8 Å². The molecule has 114 valence electrons. The molecule has 2 heterocycles.